The number of amides is 2. The van der Waals surface area contributed by atoms with Gasteiger partial charge in [0.25, 0.3) is 5.91 Å². The average Bonchev–Trinajstić information content (AvgIpc) is 3.21. The monoisotopic (exact) mass is 451 g/mol. The topological polar surface area (TPSA) is 85.3 Å². The van der Waals surface area contributed by atoms with E-state index in [0.29, 0.717) is 13.0 Å². The molecule has 0 bridgehead atoms. The van der Waals surface area contributed by atoms with E-state index in [9.17, 15) is 14.7 Å². The summed E-state index contributed by atoms with van der Waals surface area (Å²) in [6.07, 6.45) is -1.04. The van der Waals surface area contributed by atoms with Crippen LogP contribution in [0.5, 0.6) is 0 Å². The second kappa shape index (κ2) is 12.1. The summed E-state index contributed by atoms with van der Waals surface area (Å²) in [7, 11) is 0. The van der Waals surface area contributed by atoms with Crippen molar-refractivity contribution in [3.05, 3.63) is 97.1 Å². The number of hydrogen-bond donors (Lipinski definition) is 1. The van der Waals surface area contributed by atoms with Gasteiger partial charge in [0.05, 0.1) is 25.4 Å². The zero-order valence-electron chi connectivity index (χ0n) is 18.4. The van der Waals surface area contributed by atoms with E-state index in [1.54, 1.807) is 0 Å². The van der Waals surface area contributed by atoms with Crippen molar-refractivity contribution in [3.8, 4) is 0 Å². The maximum absolute atomic E-state index is 13.3. The lowest BCUT2D eigenvalue weighted by molar-refractivity contribution is -0.153. The lowest BCUT2D eigenvalue weighted by atomic mass is 10.0. The number of rotatable bonds is 12. The van der Waals surface area contributed by atoms with E-state index in [1.165, 1.54) is 12.2 Å². The van der Waals surface area contributed by atoms with Gasteiger partial charge >= 0.3 is 6.09 Å². The Morgan fingerprint density at radius 3 is 2.33 bits per heavy atom. The van der Waals surface area contributed by atoms with Gasteiger partial charge in [0.2, 0.25) is 0 Å². The van der Waals surface area contributed by atoms with Crippen LogP contribution in [0, 0.1) is 0 Å². The zero-order valence-corrected chi connectivity index (χ0v) is 18.4. The van der Waals surface area contributed by atoms with Crippen LogP contribution in [0.2, 0.25) is 0 Å². The third-order valence-corrected chi connectivity index (χ3v) is 5.29. The number of benzene rings is 2. The minimum atomic E-state index is -1.37. The summed E-state index contributed by atoms with van der Waals surface area (Å²) < 4.78 is 16.7. The fourth-order valence-electron chi connectivity index (χ4n) is 3.53. The molecule has 2 aromatic rings. The van der Waals surface area contributed by atoms with Gasteiger partial charge in [-0.3, -0.25) is 4.79 Å². The summed E-state index contributed by atoms with van der Waals surface area (Å²) >= 11 is 0. The molecular formula is C26H29NO6. The molecule has 1 N–H and O–H groups in total. The van der Waals surface area contributed by atoms with Crippen molar-refractivity contribution in [2.45, 2.75) is 37.4 Å². The molecule has 1 aliphatic heterocycles. The van der Waals surface area contributed by atoms with E-state index in [0.717, 1.165) is 16.0 Å². The van der Waals surface area contributed by atoms with Gasteiger partial charge in [-0.25, -0.2) is 9.69 Å². The van der Waals surface area contributed by atoms with Crippen LogP contribution < -0.4 is 0 Å². The number of nitrogens with zero attached hydrogens (tertiary/aromatic N) is 1. The van der Waals surface area contributed by atoms with Crippen LogP contribution in [0.25, 0.3) is 0 Å². The summed E-state index contributed by atoms with van der Waals surface area (Å²) in [6.45, 7) is 7.84. The molecule has 1 saturated heterocycles. The van der Waals surface area contributed by atoms with Crippen LogP contribution in [0.1, 0.15) is 11.1 Å². The van der Waals surface area contributed by atoms with Gasteiger partial charge in [0, 0.05) is 0 Å². The van der Waals surface area contributed by atoms with Crippen LogP contribution in [0.15, 0.2) is 86.0 Å². The molecule has 0 saturated carbocycles. The Labute approximate surface area is 193 Å². The normalized spacial score (nSPS) is 18.3. The summed E-state index contributed by atoms with van der Waals surface area (Å²) in [6, 6.07) is 18.6. The first-order valence-corrected chi connectivity index (χ1v) is 10.8. The molecule has 0 aromatic heterocycles. The Bertz CT molecular complexity index is 932. The molecule has 1 fully saturated rings. The van der Waals surface area contributed by atoms with Crippen molar-refractivity contribution in [1.82, 2.24) is 4.90 Å². The minimum absolute atomic E-state index is 0.0709. The minimum Gasteiger partial charge on any atom is -0.447 e. The Kier molecular flexibility index (Phi) is 8.95. The molecule has 1 aliphatic rings. The summed E-state index contributed by atoms with van der Waals surface area (Å²) in [5.74, 6) is -0.694. The van der Waals surface area contributed by atoms with Crippen LogP contribution in [0.4, 0.5) is 4.79 Å². The second-order valence-corrected chi connectivity index (χ2v) is 7.69. The number of carbonyl (C=O) groups excluding carboxylic acids is 2. The van der Waals surface area contributed by atoms with Crippen molar-refractivity contribution in [3.63, 3.8) is 0 Å². The van der Waals surface area contributed by atoms with E-state index in [-0.39, 0.29) is 13.2 Å². The highest BCUT2D eigenvalue weighted by Crippen LogP contribution is 2.21. The van der Waals surface area contributed by atoms with E-state index >= 15 is 0 Å². The van der Waals surface area contributed by atoms with Crippen molar-refractivity contribution >= 4 is 12.0 Å². The van der Waals surface area contributed by atoms with Gasteiger partial charge in [-0.05, 0) is 17.5 Å². The number of cyclic esters (lactones) is 1. The SMILES string of the molecule is C=C[C@@H](O)[C@H](O[C@@H](C=C)COCc1ccccc1)C(=O)N1C(=O)OC[C@@H]1Cc1ccccc1. The molecule has 1 heterocycles. The Morgan fingerprint density at radius 2 is 1.73 bits per heavy atom. The van der Waals surface area contributed by atoms with Crippen LogP contribution in [-0.2, 0) is 32.0 Å². The van der Waals surface area contributed by atoms with Gasteiger partial charge in [0.1, 0.15) is 12.7 Å². The average molecular weight is 452 g/mol. The first-order valence-electron chi connectivity index (χ1n) is 10.8. The van der Waals surface area contributed by atoms with E-state index in [1.807, 2.05) is 60.7 Å². The highest BCUT2D eigenvalue weighted by molar-refractivity contribution is 5.96. The third kappa shape index (κ3) is 6.61. The molecule has 7 nitrogen and oxygen atoms in total. The predicted molar refractivity (Wildman–Crippen MR) is 123 cm³/mol. The van der Waals surface area contributed by atoms with Crippen LogP contribution in [0.3, 0.4) is 0 Å². The van der Waals surface area contributed by atoms with Gasteiger partial charge in [0.15, 0.2) is 6.10 Å². The number of hydrogen-bond acceptors (Lipinski definition) is 6. The molecule has 2 aromatic carbocycles. The lowest BCUT2D eigenvalue weighted by Gasteiger charge is -2.29. The predicted octanol–water partition coefficient (Wildman–Crippen LogP) is 3.28. The molecule has 0 aliphatic carbocycles. The van der Waals surface area contributed by atoms with Crippen molar-refractivity contribution in [1.29, 1.82) is 0 Å². The molecular weight excluding hydrogens is 422 g/mol. The molecule has 7 heteroatoms. The van der Waals surface area contributed by atoms with Crippen molar-refractivity contribution in [2.75, 3.05) is 13.2 Å². The molecule has 0 spiro atoms. The highest BCUT2D eigenvalue weighted by atomic mass is 16.6. The van der Waals surface area contributed by atoms with E-state index in [4.69, 9.17) is 14.2 Å². The molecule has 33 heavy (non-hydrogen) atoms. The van der Waals surface area contributed by atoms with Crippen molar-refractivity contribution in [2.24, 2.45) is 0 Å². The van der Waals surface area contributed by atoms with E-state index < -0.39 is 36.4 Å². The molecule has 2 amide bonds. The number of imide groups is 1. The maximum atomic E-state index is 13.3. The van der Waals surface area contributed by atoms with Gasteiger partial charge in [-0.1, -0.05) is 72.8 Å². The van der Waals surface area contributed by atoms with Gasteiger partial charge in [-0.15, -0.1) is 13.2 Å². The lowest BCUT2D eigenvalue weighted by Crippen LogP contribution is -2.51. The quantitative estimate of drug-likeness (QED) is 0.499. The molecule has 0 radical (unpaired) electrons. The van der Waals surface area contributed by atoms with Crippen LogP contribution in [-0.4, -0.2) is 59.6 Å². The smallest absolute Gasteiger partial charge is 0.417 e. The summed E-state index contributed by atoms with van der Waals surface area (Å²) in [4.78, 5) is 26.7. The Balaban J connectivity index is 1.67. The Morgan fingerprint density at radius 1 is 1.09 bits per heavy atom. The van der Waals surface area contributed by atoms with Gasteiger partial charge < -0.3 is 19.3 Å². The summed E-state index contributed by atoms with van der Waals surface area (Å²) in [5.41, 5.74) is 1.95. The second-order valence-electron chi connectivity index (χ2n) is 7.69. The van der Waals surface area contributed by atoms with E-state index in [2.05, 4.69) is 13.2 Å². The number of aliphatic hydroxyl groups excluding tert-OH is 1. The first-order chi connectivity index (χ1) is 16.0. The van der Waals surface area contributed by atoms with Crippen molar-refractivity contribution < 1.29 is 28.9 Å². The summed E-state index contributed by atoms with van der Waals surface area (Å²) in [5, 5.41) is 10.4. The first kappa shape index (κ1) is 24.4. The zero-order chi connectivity index (χ0) is 23.6. The molecule has 3 rings (SSSR count). The molecule has 174 valence electrons. The third-order valence-electron chi connectivity index (χ3n) is 5.29. The molecule has 4 atom stereocenters. The number of aliphatic hydroxyl groups is 1. The number of ether oxygens (including phenoxy) is 3. The molecule has 0 unspecified atom stereocenters. The Hall–Kier alpha value is -3.26. The van der Waals surface area contributed by atoms with Gasteiger partial charge in [-0.2, -0.15) is 0 Å². The fourth-order valence-corrected chi connectivity index (χ4v) is 3.53. The maximum Gasteiger partial charge on any atom is 0.417 e. The standard InChI is InChI=1S/C26H29NO6/c1-3-22(18-31-16-20-13-9-6-10-14-20)33-24(23(28)4-2)25(29)27-21(17-32-26(27)30)15-19-11-7-5-8-12-19/h3-14,21-24,28H,1-2,15-18H2/t21-,22-,23+,24-/m0/s1. The number of carbonyl (C=O) groups is 2. The fraction of sp³-hybridized carbons (Fsp3) is 0.308. The highest BCUT2D eigenvalue weighted by Gasteiger charge is 2.43. The van der Waals surface area contributed by atoms with Crippen LogP contribution >= 0.6 is 0 Å². The largest absolute Gasteiger partial charge is 0.447 e.